The third-order valence-electron chi connectivity index (χ3n) is 6.02. The van der Waals surface area contributed by atoms with Crippen LogP contribution < -0.4 is 0 Å². The van der Waals surface area contributed by atoms with E-state index < -0.39 is 22.0 Å². The summed E-state index contributed by atoms with van der Waals surface area (Å²) in [7, 11) is -3.67. The predicted molar refractivity (Wildman–Crippen MR) is 108 cm³/mol. The number of piperidine rings is 1. The summed E-state index contributed by atoms with van der Waals surface area (Å²) < 4.78 is 26.4. The molecule has 28 heavy (non-hydrogen) atoms. The first-order valence-electron chi connectivity index (χ1n) is 10.7. The van der Waals surface area contributed by atoms with Gasteiger partial charge in [-0.1, -0.05) is 26.7 Å². The van der Waals surface area contributed by atoms with Gasteiger partial charge in [-0.2, -0.15) is 0 Å². The van der Waals surface area contributed by atoms with Gasteiger partial charge in [-0.25, -0.2) is 12.7 Å². The van der Waals surface area contributed by atoms with Crippen LogP contribution in [0.2, 0.25) is 0 Å². The van der Waals surface area contributed by atoms with E-state index in [4.69, 9.17) is 0 Å². The summed E-state index contributed by atoms with van der Waals surface area (Å²) >= 11 is 0. The van der Waals surface area contributed by atoms with Crippen molar-refractivity contribution in [1.82, 2.24) is 14.1 Å². The molecule has 3 rings (SSSR count). The van der Waals surface area contributed by atoms with E-state index in [-0.39, 0.29) is 17.6 Å². The number of hydrogen-bond donors (Lipinski definition) is 0. The Morgan fingerprint density at radius 1 is 1.14 bits per heavy atom. The van der Waals surface area contributed by atoms with E-state index in [0.29, 0.717) is 31.5 Å². The molecule has 0 aliphatic carbocycles. The third-order valence-corrected chi connectivity index (χ3v) is 7.89. The topological polar surface area (TPSA) is 78.0 Å². The number of carbonyl (C=O) groups is 2. The number of fused-ring (bicyclic) bond motifs is 1. The van der Waals surface area contributed by atoms with Crippen LogP contribution in [0.15, 0.2) is 11.8 Å². The van der Waals surface area contributed by atoms with Gasteiger partial charge < -0.3 is 9.80 Å². The normalized spacial score (nSPS) is 25.9. The quantitative estimate of drug-likeness (QED) is 0.610. The molecule has 0 aromatic carbocycles. The second-order valence-electron chi connectivity index (χ2n) is 8.09. The van der Waals surface area contributed by atoms with E-state index in [1.807, 2.05) is 6.92 Å². The molecule has 8 heteroatoms. The van der Waals surface area contributed by atoms with Gasteiger partial charge in [0.05, 0.1) is 23.4 Å². The smallest absolute Gasteiger partial charge is 0.246 e. The summed E-state index contributed by atoms with van der Waals surface area (Å²) in [6, 6.07) is -0.423. The van der Waals surface area contributed by atoms with Crippen molar-refractivity contribution in [1.29, 1.82) is 0 Å². The highest BCUT2D eigenvalue weighted by Crippen LogP contribution is 2.40. The van der Waals surface area contributed by atoms with Gasteiger partial charge in [0.25, 0.3) is 0 Å². The molecule has 2 saturated heterocycles. The van der Waals surface area contributed by atoms with Crippen molar-refractivity contribution in [3.8, 4) is 0 Å². The highest BCUT2D eigenvalue weighted by molar-refractivity contribution is 7.89. The van der Waals surface area contributed by atoms with Crippen molar-refractivity contribution in [2.75, 3.05) is 31.9 Å². The molecule has 0 bridgehead atoms. The SMILES string of the molecule is CCC[C@H]1C(=O)N(S(=O)(=O)CCC)C2=CCN(C(=O)CCN3CCCCC3)[C@@H]21. The number of rotatable bonds is 8. The maximum atomic E-state index is 13.0. The first-order valence-corrected chi connectivity index (χ1v) is 12.3. The monoisotopic (exact) mass is 411 g/mol. The molecule has 0 aromatic heterocycles. The number of amides is 2. The molecule has 0 radical (unpaired) electrons. The van der Waals surface area contributed by atoms with Crippen LogP contribution in [-0.4, -0.2) is 72.3 Å². The van der Waals surface area contributed by atoms with Gasteiger partial charge in [0.15, 0.2) is 0 Å². The maximum Gasteiger partial charge on any atom is 0.246 e. The fraction of sp³-hybridized carbons (Fsp3) is 0.800. The maximum absolute atomic E-state index is 13.0. The zero-order valence-electron chi connectivity index (χ0n) is 17.1. The molecule has 3 aliphatic rings. The number of hydrogen-bond acceptors (Lipinski definition) is 5. The van der Waals surface area contributed by atoms with Crippen molar-refractivity contribution in [2.45, 2.75) is 64.8 Å². The van der Waals surface area contributed by atoms with Crippen LogP contribution in [0.5, 0.6) is 0 Å². The Labute approximate surface area is 168 Å². The second-order valence-corrected chi connectivity index (χ2v) is 10.0. The minimum Gasteiger partial charge on any atom is -0.329 e. The molecule has 0 saturated carbocycles. The lowest BCUT2D eigenvalue weighted by molar-refractivity contribution is -0.134. The zero-order valence-corrected chi connectivity index (χ0v) is 17.9. The van der Waals surface area contributed by atoms with Crippen molar-refractivity contribution >= 4 is 21.8 Å². The molecule has 0 unspecified atom stereocenters. The Kier molecular flexibility index (Phi) is 6.81. The van der Waals surface area contributed by atoms with E-state index in [1.165, 1.54) is 19.3 Å². The van der Waals surface area contributed by atoms with Gasteiger partial charge in [-0.05, 0) is 44.8 Å². The molecule has 0 spiro atoms. The minimum absolute atomic E-state index is 0.0190. The Morgan fingerprint density at radius 2 is 1.86 bits per heavy atom. The van der Waals surface area contributed by atoms with Gasteiger partial charge in [0, 0.05) is 19.5 Å². The summed E-state index contributed by atoms with van der Waals surface area (Å²) in [5, 5.41) is 0. The third kappa shape index (κ3) is 4.13. The highest BCUT2D eigenvalue weighted by atomic mass is 32.2. The molecule has 2 atom stereocenters. The number of carbonyl (C=O) groups excluding carboxylic acids is 2. The summed E-state index contributed by atoms with van der Waals surface area (Å²) in [5.74, 6) is -0.847. The van der Waals surface area contributed by atoms with Crippen LogP contribution >= 0.6 is 0 Å². The lowest BCUT2D eigenvalue weighted by Crippen LogP contribution is -2.42. The first kappa shape index (κ1) is 21.3. The van der Waals surface area contributed by atoms with E-state index in [0.717, 1.165) is 30.4 Å². The largest absolute Gasteiger partial charge is 0.329 e. The minimum atomic E-state index is -3.67. The molecule has 2 amide bonds. The molecule has 3 aliphatic heterocycles. The van der Waals surface area contributed by atoms with E-state index >= 15 is 0 Å². The molecule has 0 aromatic rings. The van der Waals surface area contributed by atoms with Crippen LogP contribution in [0.25, 0.3) is 0 Å². The summed E-state index contributed by atoms with van der Waals surface area (Å²) in [6.45, 7) is 6.99. The van der Waals surface area contributed by atoms with Crippen LogP contribution in [0, 0.1) is 5.92 Å². The Hall–Kier alpha value is -1.41. The summed E-state index contributed by atoms with van der Waals surface area (Å²) in [6.07, 6.45) is 7.64. The van der Waals surface area contributed by atoms with Crippen molar-refractivity contribution in [3.63, 3.8) is 0 Å². The van der Waals surface area contributed by atoms with E-state index in [9.17, 15) is 18.0 Å². The lowest BCUT2D eigenvalue weighted by atomic mass is 9.96. The fourth-order valence-electron chi connectivity index (χ4n) is 4.70. The Balaban J connectivity index is 1.74. The van der Waals surface area contributed by atoms with Crippen molar-refractivity contribution in [2.24, 2.45) is 5.92 Å². The molecule has 158 valence electrons. The Bertz CT molecular complexity index is 728. The first-order chi connectivity index (χ1) is 13.4. The fourth-order valence-corrected chi connectivity index (χ4v) is 6.31. The van der Waals surface area contributed by atoms with Crippen molar-refractivity contribution < 1.29 is 18.0 Å². The number of likely N-dealkylation sites (tertiary alicyclic amines) is 1. The molecule has 2 fully saturated rings. The molecular formula is C20H33N3O4S. The van der Waals surface area contributed by atoms with Gasteiger partial charge in [0.1, 0.15) is 0 Å². The zero-order chi connectivity index (χ0) is 20.3. The molecule has 3 heterocycles. The summed E-state index contributed by atoms with van der Waals surface area (Å²) in [4.78, 5) is 30.0. The van der Waals surface area contributed by atoms with Gasteiger partial charge in [-0.3, -0.25) is 9.59 Å². The van der Waals surface area contributed by atoms with Gasteiger partial charge in [0.2, 0.25) is 21.8 Å². The van der Waals surface area contributed by atoms with Gasteiger partial charge >= 0.3 is 0 Å². The van der Waals surface area contributed by atoms with Crippen LogP contribution in [0.3, 0.4) is 0 Å². The summed E-state index contributed by atoms with van der Waals surface area (Å²) in [5.41, 5.74) is 0.503. The molecular weight excluding hydrogens is 378 g/mol. The van der Waals surface area contributed by atoms with E-state index in [2.05, 4.69) is 4.90 Å². The molecule has 0 N–H and O–H groups in total. The van der Waals surface area contributed by atoms with Crippen LogP contribution in [0.1, 0.15) is 58.8 Å². The lowest BCUT2D eigenvalue weighted by Gasteiger charge is -2.30. The highest BCUT2D eigenvalue weighted by Gasteiger charge is 2.53. The van der Waals surface area contributed by atoms with Gasteiger partial charge in [-0.15, -0.1) is 0 Å². The Morgan fingerprint density at radius 3 is 2.50 bits per heavy atom. The second kappa shape index (κ2) is 8.95. The predicted octanol–water partition coefficient (Wildman–Crippen LogP) is 1.96. The number of nitrogens with zero attached hydrogens (tertiary/aromatic N) is 3. The average molecular weight is 412 g/mol. The van der Waals surface area contributed by atoms with Crippen LogP contribution in [-0.2, 0) is 19.6 Å². The van der Waals surface area contributed by atoms with Crippen LogP contribution in [0.4, 0.5) is 0 Å². The molecule has 7 nitrogen and oxygen atoms in total. The van der Waals surface area contributed by atoms with Crippen molar-refractivity contribution in [3.05, 3.63) is 11.8 Å². The average Bonchev–Trinajstić information content (AvgIpc) is 3.19. The van der Waals surface area contributed by atoms with E-state index in [1.54, 1.807) is 17.9 Å². The number of sulfonamides is 1. The standard InChI is InChI=1S/C20H33N3O4S/c1-3-8-16-19-17(23(20(16)25)28(26,27)15-4-2)9-14-22(19)18(24)10-13-21-11-6-5-7-12-21/h9,16,19H,3-8,10-15H2,1-2H3/t16-,19-/m1/s1.